The smallest absolute Gasteiger partial charge is 0.254 e. The van der Waals surface area contributed by atoms with Crippen molar-refractivity contribution in [3.8, 4) is 0 Å². The van der Waals surface area contributed by atoms with Gasteiger partial charge in [-0.2, -0.15) is 0 Å². The molecule has 9 heteroatoms. The van der Waals surface area contributed by atoms with E-state index >= 15 is 0 Å². The Balaban J connectivity index is 1.53. The first-order valence-corrected chi connectivity index (χ1v) is 9.77. The molecule has 3 heterocycles. The third-order valence-corrected chi connectivity index (χ3v) is 5.14. The number of carbonyl (C=O) groups excluding carboxylic acids is 1. The lowest BCUT2D eigenvalue weighted by atomic mass is 10.0. The molecular formula is C15H19N5O2S2. The second-order valence-electron chi connectivity index (χ2n) is 5.61. The Morgan fingerprint density at radius 3 is 2.88 bits per heavy atom. The fourth-order valence-corrected chi connectivity index (χ4v) is 3.51. The number of hydrogen-bond acceptors (Lipinski definition) is 8. The summed E-state index contributed by atoms with van der Waals surface area (Å²) in [5.74, 6) is -0.250. The Morgan fingerprint density at radius 2 is 2.25 bits per heavy atom. The number of aliphatic hydroxyl groups excluding tert-OH is 1. The van der Waals surface area contributed by atoms with Gasteiger partial charge in [0.2, 0.25) is 0 Å². The number of aromatic nitrogens is 3. The Hall–Kier alpha value is -1.55. The fraction of sp³-hybridized carbons (Fsp3) is 0.467. The quantitative estimate of drug-likeness (QED) is 0.604. The van der Waals surface area contributed by atoms with Crippen LogP contribution in [0.2, 0.25) is 0 Å². The average Bonchev–Trinajstić information content (AvgIpc) is 3.10. The van der Waals surface area contributed by atoms with Crippen LogP contribution >= 0.6 is 23.1 Å². The second-order valence-corrected chi connectivity index (χ2v) is 7.10. The molecule has 0 bridgehead atoms. The standard InChI is InChI=1S/C15H19N5O2S2/c1-23-15-16-4-10(5-17-15)14(22)19-12-2-3-20(7-13(12)21)6-11-8-24-9-18-11/h4-5,8-9,12-13,21H,2-3,6-7H2,1H3,(H,19,22)/t12-,13-/m1/s1. The summed E-state index contributed by atoms with van der Waals surface area (Å²) in [6.45, 7) is 2.05. The van der Waals surface area contributed by atoms with Crippen molar-refractivity contribution < 1.29 is 9.90 Å². The van der Waals surface area contributed by atoms with Crippen molar-refractivity contribution in [3.05, 3.63) is 34.5 Å². The molecule has 7 nitrogen and oxygen atoms in total. The third kappa shape index (κ3) is 4.29. The maximum atomic E-state index is 12.3. The van der Waals surface area contributed by atoms with Crippen LogP contribution in [0.25, 0.3) is 0 Å². The molecular weight excluding hydrogens is 346 g/mol. The van der Waals surface area contributed by atoms with Gasteiger partial charge in [0.05, 0.1) is 28.9 Å². The molecule has 0 unspecified atom stereocenters. The zero-order valence-electron chi connectivity index (χ0n) is 13.3. The van der Waals surface area contributed by atoms with E-state index in [0.717, 1.165) is 18.8 Å². The highest BCUT2D eigenvalue weighted by Gasteiger charge is 2.29. The van der Waals surface area contributed by atoms with Gasteiger partial charge in [-0.05, 0) is 12.7 Å². The Bertz CT molecular complexity index is 665. The van der Waals surface area contributed by atoms with E-state index in [9.17, 15) is 9.90 Å². The van der Waals surface area contributed by atoms with Gasteiger partial charge in [0, 0.05) is 37.4 Å². The molecule has 128 valence electrons. The highest BCUT2D eigenvalue weighted by Crippen LogP contribution is 2.15. The number of piperidine rings is 1. The van der Waals surface area contributed by atoms with Crippen LogP contribution in [0.15, 0.2) is 28.4 Å². The normalized spacial score (nSPS) is 21.6. The lowest BCUT2D eigenvalue weighted by molar-refractivity contribution is 0.0345. The number of thiazole rings is 1. The van der Waals surface area contributed by atoms with Gasteiger partial charge in [-0.3, -0.25) is 9.69 Å². The number of nitrogens with one attached hydrogen (secondary N) is 1. The molecule has 2 aromatic heterocycles. The summed E-state index contributed by atoms with van der Waals surface area (Å²) in [5.41, 5.74) is 3.23. The van der Waals surface area contributed by atoms with Crippen molar-refractivity contribution in [3.63, 3.8) is 0 Å². The molecule has 1 saturated heterocycles. The second kappa shape index (κ2) is 8.02. The van der Waals surface area contributed by atoms with E-state index in [1.165, 1.54) is 24.2 Å². The van der Waals surface area contributed by atoms with Gasteiger partial charge in [0.15, 0.2) is 5.16 Å². The third-order valence-electron chi connectivity index (χ3n) is 3.92. The van der Waals surface area contributed by atoms with Gasteiger partial charge in [-0.1, -0.05) is 11.8 Å². The SMILES string of the molecule is CSc1ncc(C(=O)N[C@@H]2CCN(Cc3cscn3)C[C@H]2O)cn1. The van der Waals surface area contributed by atoms with E-state index in [2.05, 4.69) is 25.2 Å². The summed E-state index contributed by atoms with van der Waals surface area (Å²) < 4.78 is 0. The molecule has 1 amide bonds. The minimum Gasteiger partial charge on any atom is -0.390 e. The van der Waals surface area contributed by atoms with Gasteiger partial charge in [-0.25, -0.2) is 15.0 Å². The van der Waals surface area contributed by atoms with E-state index in [1.807, 2.05) is 17.1 Å². The first-order valence-electron chi connectivity index (χ1n) is 7.60. The molecule has 24 heavy (non-hydrogen) atoms. The number of likely N-dealkylation sites (tertiary alicyclic amines) is 1. The van der Waals surface area contributed by atoms with E-state index < -0.39 is 6.10 Å². The maximum Gasteiger partial charge on any atom is 0.254 e. The molecule has 0 radical (unpaired) electrons. The zero-order valence-corrected chi connectivity index (χ0v) is 14.9. The van der Waals surface area contributed by atoms with E-state index in [1.54, 1.807) is 11.3 Å². The molecule has 1 fully saturated rings. The minimum atomic E-state index is -0.604. The van der Waals surface area contributed by atoms with Crippen molar-refractivity contribution in [2.45, 2.75) is 30.3 Å². The van der Waals surface area contributed by atoms with Crippen molar-refractivity contribution >= 4 is 29.0 Å². The molecule has 0 spiro atoms. The van der Waals surface area contributed by atoms with E-state index in [-0.39, 0.29) is 11.9 Å². The van der Waals surface area contributed by atoms with Gasteiger partial charge in [0.25, 0.3) is 5.91 Å². The largest absolute Gasteiger partial charge is 0.390 e. The number of rotatable bonds is 5. The van der Waals surface area contributed by atoms with Crippen molar-refractivity contribution in [1.29, 1.82) is 0 Å². The summed E-state index contributed by atoms with van der Waals surface area (Å²) in [6.07, 6.45) is 4.99. The molecule has 3 rings (SSSR count). The topological polar surface area (TPSA) is 91.2 Å². The number of amides is 1. The van der Waals surface area contributed by atoms with Crippen molar-refractivity contribution in [2.24, 2.45) is 0 Å². The Kier molecular flexibility index (Phi) is 5.77. The number of aliphatic hydroxyl groups is 1. The number of nitrogens with zero attached hydrogens (tertiary/aromatic N) is 4. The van der Waals surface area contributed by atoms with Gasteiger partial charge >= 0.3 is 0 Å². The van der Waals surface area contributed by atoms with Crippen LogP contribution in [-0.2, 0) is 6.54 Å². The fourth-order valence-electron chi connectivity index (χ4n) is 2.64. The number of β-amino-alcohol motifs (C(OH)–C–C–N with tert-alkyl or cyclic N) is 1. The summed E-state index contributed by atoms with van der Waals surface area (Å²) in [7, 11) is 0. The predicted octanol–water partition coefficient (Wildman–Crippen LogP) is 1.02. The Morgan fingerprint density at radius 1 is 1.46 bits per heavy atom. The van der Waals surface area contributed by atoms with E-state index in [4.69, 9.17) is 0 Å². The molecule has 1 aliphatic heterocycles. The zero-order chi connectivity index (χ0) is 16.9. The highest BCUT2D eigenvalue weighted by atomic mass is 32.2. The first-order chi connectivity index (χ1) is 11.7. The summed E-state index contributed by atoms with van der Waals surface area (Å²) in [5, 5.41) is 15.9. The average molecular weight is 365 g/mol. The Labute approximate surface area is 148 Å². The van der Waals surface area contributed by atoms with Gasteiger partial charge in [-0.15, -0.1) is 11.3 Å². The molecule has 0 aromatic carbocycles. The summed E-state index contributed by atoms with van der Waals surface area (Å²) in [6, 6.07) is -0.260. The van der Waals surface area contributed by atoms with Gasteiger partial charge < -0.3 is 10.4 Å². The molecule has 0 saturated carbocycles. The van der Waals surface area contributed by atoms with Crippen molar-refractivity contribution in [1.82, 2.24) is 25.2 Å². The summed E-state index contributed by atoms with van der Waals surface area (Å²) >= 11 is 2.99. The van der Waals surface area contributed by atoms with Gasteiger partial charge in [0.1, 0.15) is 0 Å². The summed E-state index contributed by atoms with van der Waals surface area (Å²) in [4.78, 5) is 26.9. The van der Waals surface area contributed by atoms with E-state index in [0.29, 0.717) is 23.7 Å². The van der Waals surface area contributed by atoms with Crippen molar-refractivity contribution in [2.75, 3.05) is 19.3 Å². The maximum absolute atomic E-state index is 12.3. The molecule has 0 aliphatic carbocycles. The highest BCUT2D eigenvalue weighted by molar-refractivity contribution is 7.98. The minimum absolute atomic E-state index is 0.250. The van der Waals surface area contributed by atoms with Crippen LogP contribution in [0, 0.1) is 0 Å². The first kappa shape index (κ1) is 17.3. The number of hydrogen-bond donors (Lipinski definition) is 2. The van der Waals surface area contributed by atoms with Crippen LogP contribution in [0.1, 0.15) is 22.5 Å². The lowest BCUT2D eigenvalue weighted by Crippen LogP contribution is -2.53. The van der Waals surface area contributed by atoms with Crippen LogP contribution in [0.4, 0.5) is 0 Å². The predicted molar refractivity (Wildman–Crippen MR) is 93.1 cm³/mol. The number of thioether (sulfide) groups is 1. The number of carbonyl (C=O) groups is 1. The van der Waals surface area contributed by atoms with Crippen LogP contribution in [0.3, 0.4) is 0 Å². The monoisotopic (exact) mass is 365 g/mol. The molecule has 2 atom stereocenters. The van der Waals surface area contributed by atoms with Crippen LogP contribution in [-0.4, -0.2) is 62.4 Å². The van der Waals surface area contributed by atoms with Crippen LogP contribution in [0.5, 0.6) is 0 Å². The molecule has 1 aliphatic rings. The lowest BCUT2D eigenvalue weighted by Gasteiger charge is -2.35. The molecule has 2 N–H and O–H groups in total. The van der Waals surface area contributed by atoms with Crippen LogP contribution < -0.4 is 5.32 Å². The molecule has 2 aromatic rings.